The molecule has 0 aromatic heterocycles. The van der Waals surface area contributed by atoms with Gasteiger partial charge >= 0.3 is 0 Å². The third kappa shape index (κ3) is 2.87. The Morgan fingerprint density at radius 2 is 1.90 bits per heavy atom. The van der Waals surface area contributed by atoms with Gasteiger partial charge in [-0.05, 0) is 55.0 Å². The SMILES string of the molecule is Cc1ccc(Cl)c(NC2CC(c3ccccc3Br)C2)c1. The van der Waals surface area contributed by atoms with Gasteiger partial charge in [-0.3, -0.25) is 0 Å². The summed E-state index contributed by atoms with van der Waals surface area (Å²) in [6, 6.07) is 15.1. The van der Waals surface area contributed by atoms with Crippen LogP contribution >= 0.6 is 27.5 Å². The first-order valence-corrected chi connectivity index (χ1v) is 8.07. The summed E-state index contributed by atoms with van der Waals surface area (Å²) in [6.45, 7) is 2.09. The minimum absolute atomic E-state index is 0.520. The fourth-order valence-electron chi connectivity index (χ4n) is 2.77. The van der Waals surface area contributed by atoms with Crippen LogP contribution in [0, 0.1) is 6.92 Å². The van der Waals surface area contributed by atoms with Gasteiger partial charge in [0, 0.05) is 10.5 Å². The maximum atomic E-state index is 6.23. The summed E-state index contributed by atoms with van der Waals surface area (Å²) in [4.78, 5) is 0. The molecule has 104 valence electrons. The largest absolute Gasteiger partial charge is 0.381 e. The number of nitrogens with one attached hydrogen (secondary N) is 1. The molecule has 0 spiro atoms. The average molecular weight is 351 g/mol. The summed E-state index contributed by atoms with van der Waals surface area (Å²) >= 11 is 9.87. The maximum Gasteiger partial charge on any atom is 0.0637 e. The quantitative estimate of drug-likeness (QED) is 0.741. The molecule has 0 aliphatic heterocycles. The molecule has 2 aromatic carbocycles. The van der Waals surface area contributed by atoms with E-state index >= 15 is 0 Å². The van der Waals surface area contributed by atoms with Crippen molar-refractivity contribution in [3.8, 4) is 0 Å². The van der Waals surface area contributed by atoms with Crippen molar-refractivity contribution in [1.82, 2.24) is 0 Å². The molecule has 1 aliphatic carbocycles. The molecular formula is C17H17BrClN. The normalized spacial score (nSPS) is 21.4. The van der Waals surface area contributed by atoms with Gasteiger partial charge in [0.25, 0.3) is 0 Å². The smallest absolute Gasteiger partial charge is 0.0637 e. The van der Waals surface area contributed by atoms with Gasteiger partial charge in [0.15, 0.2) is 0 Å². The Morgan fingerprint density at radius 1 is 1.15 bits per heavy atom. The Bertz CT molecular complexity index is 620. The second kappa shape index (κ2) is 5.79. The third-order valence-corrected chi connectivity index (χ3v) is 5.02. The molecule has 1 aliphatic rings. The van der Waals surface area contributed by atoms with E-state index in [1.165, 1.54) is 15.6 Å². The molecule has 1 saturated carbocycles. The Balaban J connectivity index is 1.64. The van der Waals surface area contributed by atoms with E-state index in [1.807, 2.05) is 12.1 Å². The number of halogens is 2. The molecule has 0 radical (unpaired) electrons. The predicted molar refractivity (Wildman–Crippen MR) is 89.7 cm³/mol. The summed E-state index contributed by atoms with van der Waals surface area (Å²) in [5.41, 5.74) is 3.71. The Hall–Kier alpha value is -0.990. The van der Waals surface area contributed by atoms with Crippen LogP contribution < -0.4 is 5.32 Å². The molecule has 1 N–H and O–H groups in total. The lowest BCUT2D eigenvalue weighted by atomic mass is 9.76. The maximum absolute atomic E-state index is 6.23. The molecule has 0 amide bonds. The van der Waals surface area contributed by atoms with Gasteiger partial charge in [-0.25, -0.2) is 0 Å². The first-order valence-electron chi connectivity index (χ1n) is 6.90. The molecule has 0 saturated heterocycles. The number of rotatable bonds is 3. The van der Waals surface area contributed by atoms with Gasteiger partial charge < -0.3 is 5.32 Å². The lowest BCUT2D eigenvalue weighted by Crippen LogP contribution is -2.34. The summed E-state index contributed by atoms with van der Waals surface area (Å²) in [5, 5.41) is 4.36. The van der Waals surface area contributed by atoms with E-state index < -0.39 is 0 Å². The van der Waals surface area contributed by atoms with E-state index in [2.05, 4.69) is 58.5 Å². The molecule has 3 heteroatoms. The molecule has 1 fully saturated rings. The second-order valence-electron chi connectivity index (χ2n) is 5.51. The predicted octanol–water partition coefficient (Wildman–Crippen LogP) is 5.77. The number of aryl methyl sites for hydroxylation is 1. The molecule has 2 aromatic rings. The zero-order valence-corrected chi connectivity index (χ0v) is 13.7. The van der Waals surface area contributed by atoms with Crippen molar-refractivity contribution < 1.29 is 0 Å². The van der Waals surface area contributed by atoms with Gasteiger partial charge in [0.1, 0.15) is 0 Å². The summed E-state index contributed by atoms with van der Waals surface area (Å²) in [5.74, 6) is 0.645. The van der Waals surface area contributed by atoms with Gasteiger partial charge in [0.2, 0.25) is 0 Å². The van der Waals surface area contributed by atoms with Crippen molar-refractivity contribution in [2.45, 2.75) is 31.7 Å². The van der Waals surface area contributed by atoms with Crippen LogP contribution in [0.1, 0.15) is 29.9 Å². The zero-order valence-electron chi connectivity index (χ0n) is 11.4. The monoisotopic (exact) mass is 349 g/mol. The van der Waals surface area contributed by atoms with Crippen LogP contribution in [0.5, 0.6) is 0 Å². The summed E-state index contributed by atoms with van der Waals surface area (Å²) < 4.78 is 1.22. The molecule has 3 rings (SSSR count). The van der Waals surface area contributed by atoms with Crippen LogP contribution in [0.4, 0.5) is 5.69 Å². The van der Waals surface area contributed by atoms with Gasteiger partial charge in [0.05, 0.1) is 10.7 Å². The molecule has 0 heterocycles. The highest BCUT2D eigenvalue weighted by molar-refractivity contribution is 9.10. The standard InChI is InChI=1S/C17H17BrClN/c1-11-6-7-16(19)17(8-11)20-13-9-12(10-13)14-4-2-3-5-15(14)18/h2-8,12-13,20H,9-10H2,1H3. The zero-order chi connectivity index (χ0) is 14.1. The lowest BCUT2D eigenvalue weighted by Gasteiger charge is -2.37. The topological polar surface area (TPSA) is 12.0 Å². The Kier molecular flexibility index (Phi) is 4.04. The molecule has 0 bridgehead atoms. The van der Waals surface area contributed by atoms with E-state index in [1.54, 1.807) is 0 Å². The van der Waals surface area contributed by atoms with Crippen LogP contribution in [0.2, 0.25) is 5.02 Å². The number of hydrogen-bond acceptors (Lipinski definition) is 1. The number of benzene rings is 2. The average Bonchev–Trinajstić information content (AvgIpc) is 2.38. The highest BCUT2D eigenvalue weighted by atomic mass is 79.9. The molecule has 1 nitrogen and oxygen atoms in total. The van der Waals surface area contributed by atoms with Crippen LogP contribution in [-0.4, -0.2) is 6.04 Å². The summed E-state index contributed by atoms with van der Waals surface area (Å²) in [6.07, 6.45) is 2.32. The third-order valence-electron chi connectivity index (χ3n) is 3.96. The minimum Gasteiger partial charge on any atom is -0.381 e. The van der Waals surface area contributed by atoms with Gasteiger partial charge in [-0.2, -0.15) is 0 Å². The minimum atomic E-state index is 0.520. The van der Waals surface area contributed by atoms with E-state index in [4.69, 9.17) is 11.6 Å². The van der Waals surface area contributed by atoms with Crippen molar-refractivity contribution in [2.24, 2.45) is 0 Å². The van der Waals surface area contributed by atoms with E-state index in [-0.39, 0.29) is 0 Å². The molecular weight excluding hydrogens is 334 g/mol. The van der Waals surface area contributed by atoms with Crippen LogP contribution in [0.3, 0.4) is 0 Å². The van der Waals surface area contributed by atoms with Crippen molar-refractivity contribution in [1.29, 1.82) is 0 Å². The van der Waals surface area contributed by atoms with Gasteiger partial charge in [-0.15, -0.1) is 0 Å². The number of anilines is 1. The first-order chi connectivity index (χ1) is 9.63. The fourth-order valence-corrected chi connectivity index (χ4v) is 3.55. The van der Waals surface area contributed by atoms with Crippen molar-refractivity contribution in [2.75, 3.05) is 5.32 Å². The summed E-state index contributed by atoms with van der Waals surface area (Å²) in [7, 11) is 0. The van der Waals surface area contributed by atoms with Crippen molar-refractivity contribution in [3.63, 3.8) is 0 Å². The van der Waals surface area contributed by atoms with Crippen LogP contribution in [0.15, 0.2) is 46.9 Å². The van der Waals surface area contributed by atoms with E-state index in [0.717, 1.165) is 23.6 Å². The van der Waals surface area contributed by atoms with Crippen LogP contribution in [-0.2, 0) is 0 Å². The van der Waals surface area contributed by atoms with E-state index in [9.17, 15) is 0 Å². The lowest BCUT2D eigenvalue weighted by molar-refractivity contribution is 0.373. The number of hydrogen-bond donors (Lipinski definition) is 1. The Labute approximate surface area is 133 Å². The first kappa shape index (κ1) is 14.0. The molecule has 0 unspecified atom stereocenters. The molecule has 20 heavy (non-hydrogen) atoms. The van der Waals surface area contributed by atoms with Crippen LogP contribution in [0.25, 0.3) is 0 Å². The fraction of sp³-hybridized carbons (Fsp3) is 0.294. The Morgan fingerprint density at radius 3 is 2.65 bits per heavy atom. The highest BCUT2D eigenvalue weighted by Crippen LogP contribution is 2.41. The van der Waals surface area contributed by atoms with E-state index in [0.29, 0.717) is 12.0 Å². The molecule has 0 atom stereocenters. The highest BCUT2D eigenvalue weighted by Gasteiger charge is 2.31. The van der Waals surface area contributed by atoms with Crippen molar-refractivity contribution in [3.05, 3.63) is 63.1 Å². The van der Waals surface area contributed by atoms with Gasteiger partial charge in [-0.1, -0.05) is 51.8 Å². The second-order valence-corrected chi connectivity index (χ2v) is 6.78. The van der Waals surface area contributed by atoms with Crippen molar-refractivity contribution >= 4 is 33.2 Å².